The molecule has 0 aliphatic rings. The molecule has 0 aliphatic carbocycles. The fourth-order valence-electron chi connectivity index (χ4n) is 3.25. The van der Waals surface area contributed by atoms with Crippen LogP contribution in [-0.4, -0.2) is 16.4 Å². The molecule has 1 heterocycles. The van der Waals surface area contributed by atoms with Crippen molar-refractivity contribution in [3.8, 4) is 11.5 Å². The van der Waals surface area contributed by atoms with Crippen molar-refractivity contribution < 1.29 is 14.3 Å². The highest BCUT2D eigenvalue weighted by atomic mass is 16.5. The van der Waals surface area contributed by atoms with Crippen molar-refractivity contribution in [2.75, 3.05) is 10.6 Å². The second kappa shape index (κ2) is 8.53. The van der Waals surface area contributed by atoms with Crippen LogP contribution in [0.2, 0.25) is 0 Å². The Bertz CT molecular complexity index is 1180. The topological polar surface area (TPSA) is 72.4 Å². The largest absolute Gasteiger partial charge is 0.457 e. The lowest BCUT2D eigenvalue weighted by atomic mass is 10.2. The number of anilines is 2. The molecule has 2 amide bonds. The summed E-state index contributed by atoms with van der Waals surface area (Å²) in [5.41, 5.74) is 2.30. The highest BCUT2D eigenvalue weighted by Crippen LogP contribution is 2.25. The van der Waals surface area contributed by atoms with Gasteiger partial charge >= 0.3 is 0 Å². The number of fused-ring (bicyclic) bond motifs is 1. The van der Waals surface area contributed by atoms with E-state index in [1.54, 1.807) is 12.1 Å². The zero-order valence-corrected chi connectivity index (χ0v) is 16.5. The molecule has 0 bridgehead atoms. The molecule has 150 valence electrons. The Kier molecular flexibility index (Phi) is 5.48. The van der Waals surface area contributed by atoms with Gasteiger partial charge in [0.15, 0.2) is 0 Å². The molecular weight excluding hydrogens is 378 g/mol. The van der Waals surface area contributed by atoms with Crippen LogP contribution in [0.1, 0.15) is 6.92 Å². The molecule has 0 unspecified atom stereocenters. The van der Waals surface area contributed by atoms with Gasteiger partial charge in [-0.25, -0.2) is 0 Å². The first-order chi connectivity index (χ1) is 14.6. The van der Waals surface area contributed by atoms with E-state index in [1.807, 2.05) is 77.5 Å². The summed E-state index contributed by atoms with van der Waals surface area (Å²) < 4.78 is 7.61. The van der Waals surface area contributed by atoms with Crippen LogP contribution in [0.15, 0.2) is 85.1 Å². The molecule has 3 aromatic carbocycles. The van der Waals surface area contributed by atoms with Crippen LogP contribution >= 0.6 is 0 Å². The van der Waals surface area contributed by atoms with Crippen LogP contribution in [-0.2, 0) is 16.1 Å². The predicted molar refractivity (Wildman–Crippen MR) is 118 cm³/mol. The number of hydrogen-bond donors (Lipinski definition) is 2. The first-order valence-electron chi connectivity index (χ1n) is 9.57. The van der Waals surface area contributed by atoms with E-state index in [1.165, 1.54) is 6.92 Å². The number of benzene rings is 3. The average molecular weight is 399 g/mol. The van der Waals surface area contributed by atoms with Gasteiger partial charge in [-0.05, 0) is 54.6 Å². The Labute approximate surface area is 174 Å². The minimum atomic E-state index is -0.144. The predicted octanol–water partition coefficient (Wildman–Crippen LogP) is 5.03. The molecule has 6 nitrogen and oxygen atoms in total. The van der Waals surface area contributed by atoms with Crippen molar-refractivity contribution in [1.82, 2.24) is 4.57 Å². The molecule has 0 aliphatic heterocycles. The highest BCUT2D eigenvalue weighted by Gasteiger charge is 2.10. The third-order valence-corrected chi connectivity index (χ3v) is 4.56. The van der Waals surface area contributed by atoms with Crippen molar-refractivity contribution in [2.24, 2.45) is 0 Å². The number of aromatic nitrogens is 1. The molecule has 4 aromatic rings. The number of amides is 2. The molecule has 0 saturated carbocycles. The van der Waals surface area contributed by atoms with Crippen molar-refractivity contribution in [1.29, 1.82) is 0 Å². The SMILES string of the molecule is CC(=O)Nc1cccc2c1ccn2CC(=O)Nc1ccc(Oc2ccccc2)cc1. The van der Waals surface area contributed by atoms with Crippen LogP contribution in [0.25, 0.3) is 10.9 Å². The van der Waals surface area contributed by atoms with Crippen molar-refractivity contribution in [3.05, 3.63) is 85.1 Å². The molecule has 1 aromatic heterocycles. The number of para-hydroxylation sites is 1. The zero-order chi connectivity index (χ0) is 20.9. The maximum absolute atomic E-state index is 12.5. The molecule has 30 heavy (non-hydrogen) atoms. The number of nitrogens with one attached hydrogen (secondary N) is 2. The molecule has 6 heteroatoms. The first-order valence-corrected chi connectivity index (χ1v) is 9.57. The van der Waals surface area contributed by atoms with E-state index in [2.05, 4.69) is 10.6 Å². The van der Waals surface area contributed by atoms with E-state index in [9.17, 15) is 9.59 Å². The maximum atomic E-state index is 12.5. The smallest absolute Gasteiger partial charge is 0.244 e. The lowest BCUT2D eigenvalue weighted by Crippen LogP contribution is -2.18. The Morgan fingerprint density at radius 3 is 2.30 bits per heavy atom. The molecular formula is C24H21N3O3. The fraction of sp³-hybridized carbons (Fsp3) is 0.0833. The van der Waals surface area contributed by atoms with Gasteiger partial charge in [0.2, 0.25) is 11.8 Å². The van der Waals surface area contributed by atoms with Gasteiger partial charge in [-0.2, -0.15) is 0 Å². The van der Waals surface area contributed by atoms with E-state index in [0.29, 0.717) is 11.4 Å². The van der Waals surface area contributed by atoms with Gasteiger partial charge in [0, 0.05) is 24.2 Å². The van der Waals surface area contributed by atoms with E-state index in [4.69, 9.17) is 4.74 Å². The van der Waals surface area contributed by atoms with Crippen molar-refractivity contribution in [3.63, 3.8) is 0 Å². The van der Waals surface area contributed by atoms with Gasteiger partial charge in [-0.3, -0.25) is 9.59 Å². The molecule has 0 radical (unpaired) electrons. The molecule has 0 atom stereocenters. The van der Waals surface area contributed by atoms with Crippen LogP contribution in [0.3, 0.4) is 0 Å². The second-order valence-electron chi connectivity index (χ2n) is 6.85. The summed E-state index contributed by atoms with van der Waals surface area (Å²) in [5, 5.41) is 6.60. The lowest BCUT2D eigenvalue weighted by Gasteiger charge is -2.10. The van der Waals surface area contributed by atoms with E-state index in [-0.39, 0.29) is 18.4 Å². The van der Waals surface area contributed by atoms with Gasteiger partial charge < -0.3 is 19.9 Å². The third kappa shape index (κ3) is 4.50. The maximum Gasteiger partial charge on any atom is 0.244 e. The second-order valence-corrected chi connectivity index (χ2v) is 6.85. The summed E-state index contributed by atoms with van der Waals surface area (Å²) >= 11 is 0. The van der Waals surface area contributed by atoms with Gasteiger partial charge in [-0.1, -0.05) is 24.3 Å². The Morgan fingerprint density at radius 1 is 0.833 bits per heavy atom. The van der Waals surface area contributed by atoms with Crippen LogP contribution in [0.5, 0.6) is 11.5 Å². The van der Waals surface area contributed by atoms with Crippen LogP contribution in [0.4, 0.5) is 11.4 Å². The standard InChI is InChI=1S/C24H21N3O3/c1-17(28)25-22-8-5-9-23-21(22)14-15-27(23)16-24(29)26-18-10-12-20(13-11-18)30-19-6-3-2-4-7-19/h2-15H,16H2,1H3,(H,25,28)(H,26,29). The lowest BCUT2D eigenvalue weighted by molar-refractivity contribution is -0.116. The summed E-state index contributed by atoms with van der Waals surface area (Å²) in [5.74, 6) is 1.18. The summed E-state index contributed by atoms with van der Waals surface area (Å²) in [4.78, 5) is 23.9. The molecule has 0 saturated heterocycles. The summed E-state index contributed by atoms with van der Waals surface area (Å²) in [6.07, 6.45) is 1.84. The first kappa shape index (κ1) is 19.3. The normalized spacial score (nSPS) is 10.6. The van der Waals surface area contributed by atoms with Gasteiger partial charge in [-0.15, -0.1) is 0 Å². The van der Waals surface area contributed by atoms with Crippen LogP contribution in [0, 0.1) is 0 Å². The summed E-state index contributed by atoms with van der Waals surface area (Å²) in [6, 6.07) is 24.3. The number of ether oxygens (including phenoxy) is 1. The quantitative estimate of drug-likeness (QED) is 0.478. The number of rotatable bonds is 6. The zero-order valence-electron chi connectivity index (χ0n) is 16.5. The molecule has 0 fully saturated rings. The van der Waals surface area contributed by atoms with Crippen molar-refractivity contribution in [2.45, 2.75) is 13.5 Å². The monoisotopic (exact) mass is 399 g/mol. The summed E-state index contributed by atoms with van der Waals surface area (Å²) in [6.45, 7) is 1.63. The summed E-state index contributed by atoms with van der Waals surface area (Å²) in [7, 11) is 0. The van der Waals surface area contributed by atoms with E-state index < -0.39 is 0 Å². The highest BCUT2D eigenvalue weighted by molar-refractivity contribution is 6.01. The van der Waals surface area contributed by atoms with Gasteiger partial charge in [0.25, 0.3) is 0 Å². The number of carbonyl (C=O) groups excluding carboxylic acids is 2. The minimum Gasteiger partial charge on any atom is -0.457 e. The Morgan fingerprint density at radius 2 is 1.57 bits per heavy atom. The average Bonchev–Trinajstić information content (AvgIpc) is 3.14. The third-order valence-electron chi connectivity index (χ3n) is 4.56. The Hall–Kier alpha value is -4.06. The molecule has 0 spiro atoms. The van der Waals surface area contributed by atoms with E-state index >= 15 is 0 Å². The fourth-order valence-corrected chi connectivity index (χ4v) is 3.25. The minimum absolute atomic E-state index is 0.132. The van der Waals surface area contributed by atoms with E-state index in [0.717, 1.165) is 22.3 Å². The Balaban J connectivity index is 1.42. The van der Waals surface area contributed by atoms with Crippen LogP contribution < -0.4 is 15.4 Å². The number of hydrogen-bond acceptors (Lipinski definition) is 3. The number of nitrogens with zero attached hydrogens (tertiary/aromatic N) is 1. The van der Waals surface area contributed by atoms with Crippen molar-refractivity contribution >= 4 is 34.1 Å². The molecule has 2 N–H and O–H groups in total. The number of carbonyl (C=O) groups is 2. The molecule has 4 rings (SSSR count). The van der Waals surface area contributed by atoms with Gasteiger partial charge in [0.05, 0.1) is 11.2 Å². The van der Waals surface area contributed by atoms with Gasteiger partial charge in [0.1, 0.15) is 18.0 Å².